The van der Waals surface area contributed by atoms with Crippen molar-refractivity contribution in [3.8, 4) is 0 Å². The molecule has 19 heavy (non-hydrogen) atoms. The first-order valence-electron chi connectivity index (χ1n) is 7.32. The third-order valence-electron chi connectivity index (χ3n) is 3.63. The molecule has 0 heterocycles. The van der Waals surface area contributed by atoms with Crippen LogP contribution in [0.1, 0.15) is 49.0 Å². The van der Waals surface area contributed by atoms with Crippen molar-refractivity contribution in [2.45, 2.75) is 46.1 Å². The molecule has 1 aromatic carbocycles. The van der Waals surface area contributed by atoms with E-state index in [2.05, 4.69) is 25.2 Å². The molecule has 1 fully saturated rings. The Balaban J connectivity index is 2.13. The summed E-state index contributed by atoms with van der Waals surface area (Å²) in [6.45, 7) is 8.00. The van der Waals surface area contributed by atoms with E-state index < -0.39 is 0 Å². The summed E-state index contributed by atoms with van der Waals surface area (Å²) >= 11 is 0. The van der Waals surface area contributed by atoms with Gasteiger partial charge in [-0.25, -0.2) is 0 Å². The van der Waals surface area contributed by atoms with Crippen molar-refractivity contribution in [1.82, 2.24) is 4.90 Å². The fourth-order valence-electron chi connectivity index (χ4n) is 2.39. The predicted octanol–water partition coefficient (Wildman–Crippen LogP) is 3.44. The van der Waals surface area contributed by atoms with E-state index in [9.17, 15) is 4.79 Å². The molecule has 1 N–H and O–H groups in total. The molecule has 3 heteroatoms. The molecule has 0 bridgehead atoms. The van der Waals surface area contributed by atoms with Crippen LogP contribution in [-0.4, -0.2) is 29.9 Å². The first kappa shape index (κ1) is 13.9. The Labute approximate surface area is 116 Å². The normalized spacial score (nSPS) is 14.3. The molecule has 3 nitrogen and oxygen atoms in total. The van der Waals surface area contributed by atoms with Gasteiger partial charge in [0.1, 0.15) is 0 Å². The molecular weight excluding hydrogens is 236 g/mol. The van der Waals surface area contributed by atoms with E-state index in [0.717, 1.165) is 49.2 Å². The van der Waals surface area contributed by atoms with Crippen LogP contribution in [0.4, 0.5) is 5.69 Å². The summed E-state index contributed by atoms with van der Waals surface area (Å²) in [5, 5.41) is 3.35. The Morgan fingerprint density at radius 3 is 2.63 bits per heavy atom. The zero-order chi connectivity index (χ0) is 13.8. The molecule has 0 unspecified atom stereocenters. The molecule has 0 aromatic heterocycles. The Morgan fingerprint density at radius 2 is 2.11 bits per heavy atom. The third kappa shape index (κ3) is 3.28. The number of hydrogen-bond acceptors (Lipinski definition) is 2. The van der Waals surface area contributed by atoms with Gasteiger partial charge >= 0.3 is 0 Å². The summed E-state index contributed by atoms with van der Waals surface area (Å²) < 4.78 is 0. The van der Waals surface area contributed by atoms with Crippen molar-refractivity contribution < 1.29 is 4.79 Å². The van der Waals surface area contributed by atoms with Crippen LogP contribution in [0.3, 0.4) is 0 Å². The number of nitrogens with zero attached hydrogens (tertiary/aromatic N) is 1. The Morgan fingerprint density at radius 1 is 1.37 bits per heavy atom. The highest BCUT2D eigenvalue weighted by atomic mass is 16.2. The Kier molecular flexibility index (Phi) is 4.46. The van der Waals surface area contributed by atoms with Crippen LogP contribution >= 0.6 is 0 Å². The van der Waals surface area contributed by atoms with E-state index in [1.807, 2.05) is 24.0 Å². The summed E-state index contributed by atoms with van der Waals surface area (Å²) in [4.78, 5) is 14.5. The number of benzene rings is 1. The van der Waals surface area contributed by atoms with Gasteiger partial charge in [-0.15, -0.1) is 0 Å². The second-order valence-electron chi connectivity index (χ2n) is 5.28. The standard InChI is InChI=1S/C16H24N2O/c1-4-10-17-13-6-9-15(12(3)11-13)16(19)18(5-2)14-7-8-14/h6,9,11,14,17H,4-5,7-8,10H2,1-3H3. The monoisotopic (exact) mass is 260 g/mol. The van der Waals surface area contributed by atoms with Crippen LogP contribution in [0.15, 0.2) is 18.2 Å². The lowest BCUT2D eigenvalue weighted by atomic mass is 10.1. The number of aryl methyl sites for hydroxylation is 1. The van der Waals surface area contributed by atoms with Crippen molar-refractivity contribution in [3.05, 3.63) is 29.3 Å². The number of anilines is 1. The minimum Gasteiger partial charge on any atom is -0.385 e. The maximum atomic E-state index is 12.5. The molecule has 0 saturated heterocycles. The van der Waals surface area contributed by atoms with Gasteiger partial charge in [0.25, 0.3) is 5.91 Å². The molecule has 0 atom stereocenters. The summed E-state index contributed by atoms with van der Waals surface area (Å²) in [6.07, 6.45) is 3.43. The van der Waals surface area contributed by atoms with Gasteiger partial charge in [0, 0.05) is 30.4 Å². The smallest absolute Gasteiger partial charge is 0.254 e. The number of rotatable bonds is 6. The minimum absolute atomic E-state index is 0.185. The van der Waals surface area contributed by atoms with Crippen LogP contribution in [0.2, 0.25) is 0 Å². The average Bonchev–Trinajstić information content (AvgIpc) is 3.21. The van der Waals surface area contributed by atoms with E-state index in [-0.39, 0.29) is 5.91 Å². The second kappa shape index (κ2) is 6.09. The van der Waals surface area contributed by atoms with Crippen molar-refractivity contribution in [2.75, 3.05) is 18.4 Å². The van der Waals surface area contributed by atoms with Crippen LogP contribution in [0.25, 0.3) is 0 Å². The van der Waals surface area contributed by atoms with Crippen LogP contribution < -0.4 is 5.32 Å². The highest BCUT2D eigenvalue weighted by molar-refractivity contribution is 5.96. The minimum atomic E-state index is 0.185. The Hall–Kier alpha value is -1.51. The maximum absolute atomic E-state index is 12.5. The lowest BCUT2D eigenvalue weighted by Gasteiger charge is -2.21. The number of amides is 1. The maximum Gasteiger partial charge on any atom is 0.254 e. The van der Waals surface area contributed by atoms with Crippen molar-refractivity contribution in [3.63, 3.8) is 0 Å². The molecule has 1 aromatic rings. The molecule has 1 aliphatic rings. The van der Waals surface area contributed by atoms with Gasteiger partial charge in [0.15, 0.2) is 0 Å². The number of carbonyl (C=O) groups is 1. The van der Waals surface area contributed by atoms with Crippen LogP contribution in [-0.2, 0) is 0 Å². The third-order valence-corrected chi connectivity index (χ3v) is 3.63. The highest BCUT2D eigenvalue weighted by Gasteiger charge is 2.32. The van der Waals surface area contributed by atoms with Crippen LogP contribution in [0.5, 0.6) is 0 Å². The van der Waals surface area contributed by atoms with Gasteiger partial charge in [0.05, 0.1) is 0 Å². The fraction of sp³-hybridized carbons (Fsp3) is 0.562. The van der Waals surface area contributed by atoms with E-state index >= 15 is 0 Å². The van der Waals surface area contributed by atoms with Gasteiger partial charge in [-0.05, 0) is 56.9 Å². The highest BCUT2D eigenvalue weighted by Crippen LogP contribution is 2.29. The molecule has 0 aliphatic heterocycles. The molecule has 1 amide bonds. The molecule has 0 radical (unpaired) electrons. The van der Waals surface area contributed by atoms with E-state index in [1.54, 1.807) is 0 Å². The zero-order valence-electron chi connectivity index (χ0n) is 12.2. The molecule has 2 rings (SSSR count). The van der Waals surface area contributed by atoms with Gasteiger partial charge in [-0.1, -0.05) is 6.92 Å². The number of nitrogens with one attached hydrogen (secondary N) is 1. The summed E-state index contributed by atoms with van der Waals surface area (Å²) in [5.74, 6) is 0.185. The lowest BCUT2D eigenvalue weighted by molar-refractivity contribution is 0.0752. The quantitative estimate of drug-likeness (QED) is 0.849. The topological polar surface area (TPSA) is 32.3 Å². The van der Waals surface area contributed by atoms with E-state index in [0.29, 0.717) is 6.04 Å². The largest absolute Gasteiger partial charge is 0.385 e. The fourth-order valence-corrected chi connectivity index (χ4v) is 2.39. The van der Waals surface area contributed by atoms with E-state index in [4.69, 9.17) is 0 Å². The Bertz CT molecular complexity index is 452. The van der Waals surface area contributed by atoms with Gasteiger partial charge in [0.2, 0.25) is 0 Å². The molecular formula is C16H24N2O. The number of hydrogen-bond donors (Lipinski definition) is 1. The van der Waals surface area contributed by atoms with Gasteiger partial charge < -0.3 is 10.2 Å². The summed E-state index contributed by atoms with van der Waals surface area (Å²) in [6, 6.07) is 6.52. The average molecular weight is 260 g/mol. The van der Waals surface area contributed by atoms with Crippen molar-refractivity contribution >= 4 is 11.6 Å². The first-order valence-corrected chi connectivity index (χ1v) is 7.32. The lowest BCUT2D eigenvalue weighted by Crippen LogP contribution is -2.33. The summed E-state index contributed by atoms with van der Waals surface area (Å²) in [5.41, 5.74) is 3.01. The van der Waals surface area contributed by atoms with Gasteiger partial charge in [-0.2, -0.15) is 0 Å². The predicted molar refractivity (Wildman–Crippen MR) is 79.7 cm³/mol. The second-order valence-corrected chi connectivity index (χ2v) is 5.28. The molecule has 104 valence electrons. The van der Waals surface area contributed by atoms with Crippen molar-refractivity contribution in [2.24, 2.45) is 0 Å². The van der Waals surface area contributed by atoms with Crippen LogP contribution in [0, 0.1) is 6.92 Å². The SMILES string of the molecule is CCCNc1ccc(C(=O)N(CC)C2CC2)c(C)c1. The first-order chi connectivity index (χ1) is 9.17. The van der Waals surface area contributed by atoms with Crippen molar-refractivity contribution in [1.29, 1.82) is 0 Å². The zero-order valence-corrected chi connectivity index (χ0v) is 12.2. The molecule has 0 spiro atoms. The molecule has 1 saturated carbocycles. The number of carbonyl (C=O) groups excluding carboxylic acids is 1. The van der Waals surface area contributed by atoms with Gasteiger partial charge in [-0.3, -0.25) is 4.79 Å². The summed E-state index contributed by atoms with van der Waals surface area (Å²) in [7, 11) is 0. The van der Waals surface area contributed by atoms with E-state index in [1.165, 1.54) is 0 Å². The molecule has 1 aliphatic carbocycles.